The molecule has 0 atom stereocenters. The standard InChI is InChI=1S/C13H17Br2NO3S/c1-16(6-7-19-9-10-2-3-10)20(17,18)13-5-4-11(14)8-12(13)15/h4-5,8,10H,2-3,6-7,9H2,1H3. The highest BCUT2D eigenvalue weighted by Crippen LogP contribution is 2.29. The van der Waals surface area contributed by atoms with Crippen LogP contribution in [0.15, 0.2) is 32.0 Å². The van der Waals surface area contributed by atoms with Crippen molar-refractivity contribution in [2.45, 2.75) is 17.7 Å². The molecule has 0 heterocycles. The van der Waals surface area contributed by atoms with E-state index in [4.69, 9.17) is 4.74 Å². The summed E-state index contributed by atoms with van der Waals surface area (Å²) in [5.41, 5.74) is 0. The van der Waals surface area contributed by atoms with Gasteiger partial charge in [0.2, 0.25) is 10.0 Å². The molecule has 0 saturated heterocycles. The van der Waals surface area contributed by atoms with Crippen LogP contribution in [0.2, 0.25) is 0 Å². The van der Waals surface area contributed by atoms with Crippen LogP contribution < -0.4 is 0 Å². The number of halogens is 2. The Hall–Kier alpha value is 0.0500. The van der Waals surface area contributed by atoms with E-state index in [9.17, 15) is 8.42 Å². The van der Waals surface area contributed by atoms with Gasteiger partial charge in [-0.05, 0) is 52.9 Å². The normalized spacial score (nSPS) is 15.8. The van der Waals surface area contributed by atoms with E-state index < -0.39 is 10.0 Å². The first-order valence-corrected chi connectivity index (χ1v) is 9.43. The van der Waals surface area contributed by atoms with Gasteiger partial charge in [-0.1, -0.05) is 15.9 Å². The van der Waals surface area contributed by atoms with E-state index in [0.717, 1.165) is 11.1 Å². The molecule has 112 valence electrons. The Morgan fingerprint density at radius 3 is 2.65 bits per heavy atom. The van der Waals surface area contributed by atoms with Crippen LogP contribution in [-0.4, -0.2) is 39.5 Å². The maximum absolute atomic E-state index is 12.4. The highest BCUT2D eigenvalue weighted by atomic mass is 79.9. The SMILES string of the molecule is CN(CCOCC1CC1)S(=O)(=O)c1ccc(Br)cc1Br. The van der Waals surface area contributed by atoms with Crippen molar-refractivity contribution < 1.29 is 13.2 Å². The van der Waals surface area contributed by atoms with Crippen molar-refractivity contribution in [3.05, 3.63) is 27.1 Å². The summed E-state index contributed by atoms with van der Waals surface area (Å²) in [4.78, 5) is 0.269. The van der Waals surface area contributed by atoms with E-state index in [2.05, 4.69) is 31.9 Å². The van der Waals surface area contributed by atoms with Gasteiger partial charge >= 0.3 is 0 Å². The Balaban J connectivity index is 1.96. The second kappa shape index (κ2) is 6.87. The van der Waals surface area contributed by atoms with E-state index in [1.54, 1.807) is 25.2 Å². The number of ether oxygens (including phenoxy) is 1. The zero-order valence-electron chi connectivity index (χ0n) is 11.2. The predicted octanol–water partition coefficient (Wildman–Crippen LogP) is 3.26. The zero-order valence-corrected chi connectivity index (χ0v) is 15.2. The van der Waals surface area contributed by atoms with Crippen molar-refractivity contribution in [1.29, 1.82) is 0 Å². The van der Waals surface area contributed by atoms with Gasteiger partial charge in [-0.3, -0.25) is 0 Å². The van der Waals surface area contributed by atoms with Gasteiger partial charge in [-0.15, -0.1) is 0 Å². The van der Waals surface area contributed by atoms with Gasteiger partial charge < -0.3 is 4.74 Å². The van der Waals surface area contributed by atoms with E-state index in [-0.39, 0.29) is 4.90 Å². The Bertz CT molecular complexity index is 573. The predicted molar refractivity (Wildman–Crippen MR) is 85.2 cm³/mol. The summed E-state index contributed by atoms with van der Waals surface area (Å²) < 4.78 is 33.1. The number of likely N-dealkylation sites (N-methyl/N-ethyl adjacent to an activating group) is 1. The van der Waals surface area contributed by atoms with Crippen LogP contribution in [0.5, 0.6) is 0 Å². The first kappa shape index (κ1) is 16.4. The highest BCUT2D eigenvalue weighted by Gasteiger charge is 2.24. The van der Waals surface area contributed by atoms with Crippen LogP contribution in [-0.2, 0) is 14.8 Å². The smallest absolute Gasteiger partial charge is 0.244 e. The topological polar surface area (TPSA) is 46.6 Å². The Morgan fingerprint density at radius 1 is 1.35 bits per heavy atom. The van der Waals surface area contributed by atoms with Crippen LogP contribution in [0.1, 0.15) is 12.8 Å². The van der Waals surface area contributed by atoms with Crippen LogP contribution in [0, 0.1) is 5.92 Å². The third kappa shape index (κ3) is 4.27. The molecule has 2 rings (SSSR count). The molecule has 1 aromatic carbocycles. The summed E-state index contributed by atoms with van der Waals surface area (Å²) in [7, 11) is -1.91. The van der Waals surface area contributed by atoms with Crippen molar-refractivity contribution in [1.82, 2.24) is 4.31 Å². The van der Waals surface area contributed by atoms with E-state index in [1.807, 2.05) is 0 Å². The molecular weight excluding hydrogens is 410 g/mol. The number of rotatable bonds is 7. The van der Waals surface area contributed by atoms with E-state index in [0.29, 0.717) is 23.5 Å². The fourth-order valence-electron chi connectivity index (χ4n) is 1.70. The largest absolute Gasteiger partial charge is 0.380 e. The first-order chi connectivity index (χ1) is 9.41. The number of benzene rings is 1. The lowest BCUT2D eigenvalue weighted by Crippen LogP contribution is -2.30. The van der Waals surface area contributed by atoms with Crippen molar-refractivity contribution in [2.75, 3.05) is 26.8 Å². The summed E-state index contributed by atoms with van der Waals surface area (Å²) in [6, 6.07) is 5.03. The molecule has 7 heteroatoms. The highest BCUT2D eigenvalue weighted by molar-refractivity contribution is 9.11. The number of sulfonamides is 1. The fourth-order valence-corrected chi connectivity index (χ4v) is 4.56. The van der Waals surface area contributed by atoms with Gasteiger partial charge in [-0.25, -0.2) is 8.42 Å². The van der Waals surface area contributed by atoms with Crippen LogP contribution in [0.3, 0.4) is 0 Å². The van der Waals surface area contributed by atoms with E-state index in [1.165, 1.54) is 17.1 Å². The Kier molecular flexibility index (Phi) is 5.64. The average molecular weight is 427 g/mol. The quantitative estimate of drug-likeness (QED) is 0.628. The minimum absolute atomic E-state index is 0.269. The van der Waals surface area contributed by atoms with Gasteiger partial charge in [0.05, 0.1) is 11.5 Å². The molecule has 1 fully saturated rings. The van der Waals surface area contributed by atoms with Crippen LogP contribution >= 0.6 is 31.9 Å². The van der Waals surface area contributed by atoms with Gasteiger partial charge in [0.25, 0.3) is 0 Å². The third-order valence-corrected chi connectivity index (χ3v) is 6.51. The molecule has 1 saturated carbocycles. The molecule has 0 radical (unpaired) electrons. The minimum Gasteiger partial charge on any atom is -0.380 e. The Morgan fingerprint density at radius 2 is 2.05 bits per heavy atom. The maximum atomic E-state index is 12.4. The molecule has 0 spiro atoms. The zero-order chi connectivity index (χ0) is 14.8. The first-order valence-electron chi connectivity index (χ1n) is 6.40. The molecule has 1 aliphatic carbocycles. The molecule has 0 bridgehead atoms. The molecule has 0 aliphatic heterocycles. The minimum atomic E-state index is -3.49. The van der Waals surface area contributed by atoms with Crippen molar-refractivity contribution in [2.24, 2.45) is 5.92 Å². The fraction of sp³-hybridized carbons (Fsp3) is 0.538. The van der Waals surface area contributed by atoms with Gasteiger partial charge in [0.1, 0.15) is 0 Å². The molecule has 1 aromatic rings. The lowest BCUT2D eigenvalue weighted by molar-refractivity contribution is 0.117. The molecule has 0 unspecified atom stereocenters. The number of hydrogen-bond acceptors (Lipinski definition) is 3. The van der Waals surface area contributed by atoms with Crippen LogP contribution in [0.25, 0.3) is 0 Å². The summed E-state index contributed by atoms with van der Waals surface area (Å²) in [6.45, 7) is 1.54. The summed E-state index contributed by atoms with van der Waals surface area (Å²) >= 11 is 6.61. The monoisotopic (exact) mass is 425 g/mol. The molecule has 4 nitrogen and oxygen atoms in total. The number of nitrogens with zero attached hydrogens (tertiary/aromatic N) is 1. The van der Waals surface area contributed by atoms with Crippen LogP contribution in [0.4, 0.5) is 0 Å². The van der Waals surface area contributed by atoms with E-state index >= 15 is 0 Å². The van der Waals surface area contributed by atoms with Crippen molar-refractivity contribution in [3.63, 3.8) is 0 Å². The molecule has 0 aromatic heterocycles. The molecular formula is C13H17Br2NO3S. The summed E-state index contributed by atoms with van der Waals surface area (Å²) in [6.07, 6.45) is 2.47. The third-order valence-electron chi connectivity index (χ3n) is 3.18. The second-order valence-corrected chi connectivity index (χ2v) is 8.70. The summed E-state index contributed by atoms with van der Waals surface area (Å²) in [5.74, 6) is 0.692. The maximum Gasteiger partial charge on any atom is 0.244 e. The van der Waals surface area contributed by atoms with Crippen molar-refractivity contribution >= 4 is 41.9 Å². The molecule has 0 amide bonds. The lowest BCUT2D eigenvalue weighted by Gasteiger charge is -2.18. The second-order valence-electron chi connectivity index (χ2n) is 4.92. The molecule has 1 aliphatic rings. The summed E-state index contributed by atoms with van der Waals surface area (Å²) in [5, 5.41) is 0. The Labute approximate surface area is 136 Å². The van der Waals surface area contributed by atoms with Gasteiger partial charge in [-0.2, -0.15) is 4.31 Å². The van der Waals surface area contributed by atoms with Gasteiger partial charge in [0.15, 0.2) is 0 Å². The lowest BCUT2D eigenvalue weighted by atomic mass is 10.4. The van der Waals surface area contributed by atoms with Gasteiger partial charge in [0, 0.05) is 29.1 Å². The number of hydrogen-bond donors (Lipinski definition) is 0. The molecule has 0 N–H and O–H groups in total. The van der Waals surface area contributed by atoms with Crippen molar-refractivity contribution in [3.8, 4) is 0 Å². The molecule has 20 heavy (non-hydrogen) atoms. The average Bonchev–Trinajstić information content (AvgIpc) is 3.17.